The third-order valence-corrected chi connectivity index (χ3v) is 2.47. The van der Waals surface area contributed by atoms with E-state index >= 15 is 0 Å². The Morgan fingerprint density at radius 3 is 2.14 bits per heavy atom. The van der Waals surface area contributed by atoms with Gasteiger partial charge in [0.25, 0.3) is 5.91 Å². The fraction of sp³-hybridized carbons (Fsp3) is 0.333. The molecule has 2 rings (SSSR count). The van der Waals surface area contributed by atoms with Gasteiger partial charge in [-0.3, -0.25) is 9.78 Å². The van der Waals surface area contributed by atoms with Crippen LogP contribution < -0.4 is 5.32 Å². The highest BCUT2D eigenvalue weighted by Crippen LogP contribution is 2.03. The van der Waals surface area contributed by atoms with Gasteiger partial charge in [-0.15, -0.1) is 0 Å². The molecule has 0 fully saturated rings. The molecule has 0 saturated carbocycles. The second-order valence-corrected chi connectivity index (χ2v) is 3.87. The second kappa shape index (κ2) is 11.6. The molecule has 1 aromatic heterocycles. The monoisotopic (exact) mass is 286 g/mol. The van der Waals surface area contributed by atoms with Gasteiger partial charge in [0.2, 0.25) is 0 Å². The molecule has 0 unspecified atom stereocenters. The molecular formula is C18H26N2O. The Hall–Kier alpha value is -2.16. The lowest BCUT2D eigenvalue weighted by Gasteiger charge is -2.04. The first kappa shape index (κ1) is 18.8. The highest BCUT2D eigenvalue weighted by molar-refractivity contribution is 5.94. The van der Waals surface area contributed by atoms with Crippen LogP contribution >= 0.6 is 0 Å². The molecule has 0 radical (unpaired) electrons. The van der Waals surface area contributed by atoms with E-state index in [4.69, 9.17) is 0 Å². The first-order valence-corrected chi connectivity index (χ1v) is 7.50. The van der Waals surface area contributed by atoms with Gasteiger partial charge in [-0.05, 0) is 31.2 Å². The Morgan fingerprint density at radius 1 is 1.00 bits per heavy atom. The summed E-state index contributed by atoms with van der Waals surface area (Å²) >= 11 is 0. The van der Waals surface area contributed by atoms with E-state index in [9.17, 15) is 4.79 Å². The van der Waals surface area contributed by atoms with Gasteiger partial charge in [-0.1, -0.05) is 51.5 Å². The predicted octanol–water partition coefficient (Wildman–Crippen LogP) is 4.37. The maximum atomic E-state index is 11.8. The number of nitrogens with one attached hydrogen (secondary N) is 1. The van der Waals surface area contributed by atoms with E-state index in [2.05, 4.69) is 10.3 Å². The van der Waals surface area contributed by atoms with Crippen LogP contribution in [0.5, 0.6) is 0 Å². The van der Waals surface area contributed by atoms with Crippen molar-refractivity contribution in [2.75, 3.05) is 0 Å². The van der Waals surface area contributed by atoms with Crippen LogP contribution in [0.1, 0.15) is 49.3 Å². The Bertz CT molecular complexity index is 492. The number of pyridine rings is 1. The molecule has 1 aromatic carbocycles. The molecule has 0 bridgehead atoms. The average molecular weight is 286 g/mol. The molecule has 0 aliphatic heterocycles. The molecule has 2 aromatic rings. The van der Waals surface area contributed by atoms with Gasteiger partial charge in [-0.2, -0.15) is 0 Å². The smallest absolute Gasteiger partial charge is 0.251 e. The zero-order chi connectivity index (χ0) is 16.1. The summed E-state index contributed by atoms with van der Waals surface area (Å²) in [5.74, 6) is -0.0735. The van der Waals surface area contributed by atoms with Crippen molar-refractivity contribution in [3.8, 4) is 0 Å². The molecule has 3 heteroatoms. The molecule has 0 spiro atoms. The number of amides is 1. The number of aromatic nitrogens is 1. The minimum absolute atomic E-state index is 0.0735. The van der Waals surface area contributed by atoms with Crippen LogP contribution in [0.2, 0.25) is 0 Å². The lowest BCUT2D eigenvalue weighted by molar-refractivity contribution is 0.0950. The van der Waals surface area contributed by atoms with Crippen molar-refractivity contribution in [2.45, 2.75) is 41.2 Å². The highest BCUT2D eigenvalue weighted by Gasteiger charge is 2.04. The zero-order valence-corrected chi connectivity index (χ0v) is 13.7. The highest BCUT2D eigenvalue weighted by atomic mass is 16.1. The van der Waals surface area contributed by atoms with E-state index in [1.54, 1.807) is 6.20 Å². The van der Waals surface area contributed by atoms with E-state index in [0.717, 1.165) is 11.3 Å². The summed E-state index contributed by atoms with van der Waals surface area (Å²) in [5.41, 5.74) is 2.67. The van der Waals surface area contributed by atoms with Gasteiger partial charge in [-0.25, -0.2) is 0 Å². The summed E-state index contributed by atoms with van der Waals surface area (Å²) in [7, 11) is 0. The molecule has 1 amide bonds. The Kier molecular flexibility index (Phi) is 10.5. The van der Waals surface area contributed by atoms with Gasteiger partial charge in [0.1, 0.15) is 0 Å². The first-order valence-electron chi connectivity index (χ1n) is 7.50. The zero-order valence-electron chi connectivity index (χ0n) is 13.7. The van der Waals surface area contributed by atoms with Gasteiger partial charge >= 0.3 is 0 Å². The second-order valence-electron chi connectivity index (χ2n) is 3.87. The van der Waals surface area contributed by atoms with Crippen molar-refractivity contribution < 1.29 is 4.79 Å². The van der Waals surface area contributed by atoms with Crippen LogP contribution in [-0.2, 0) is 6.54 Å². The molecule has 114 valence electrons. The van der Waals surface area contributed by atoms with E-state index < -0.39 is 0 Å². The Morgan fingerprint density at radius 2 is 1.62 bits per heavy atom. The Balaban J connectivity index is 0.000000921. The average Bonchev–Trinajstić information content (AvgIpc) is 2.58. The molecule has 0 aliphatic rings. The first-order chi connectivity index (χ1) is 10.3. The van der Waals surface area contributed by atoms with Crippen molar-refractivity contribution in [1.82, 2.24) is 10.3 Å². The topological polar surface area (TPSA) is 42.0 Å². The summed E-state index contributed by atoms with van der Waals surface area (Å²) in [6, 6.07) is 13.1. The normalized spacial score (nSPS) is 8.62. The van der Waals surface area contributed by atoms with Crippen molar-refractivity contribution in [2.24, 2.45) is 0 Å². The number of aryl methyl sites for hydroxylation is 1. The molecule has 1 heterocycles. The minimum atomic E-state index is -0.0735. The number of hydrogen-bond donors (Lipinski definition) is 1. The number of carbonyl (C=O) groups is 1. The van der Waals surface area contributed by atoms with Gasteiger partial charge in [0, 0.05) is 11.8 Å². The van der Waals surface area contributed by atoms with Gasteiger partial charge in [0.15, 0.2) is 0 Å². The maximum Gasteiger partial charge on any atom is 0.251 e. The lowest BCUT2D eigenvalue weighted by atomic mass is 10.1. The SMILES string of the molecule is CC.CC.Cc1ccc(C(=O)NCc2ccccn2)cc1. The standard InChI is InChI=1S/C14H14N2O.2C2H6/c1-11-5-7-12(8-6-11)14(17)16-10-13-4-2-3-9-15-13;2*1-2/h2-9H,10H2,1H3,(H,16,17);2*1-2H3. The quantitative estimate of drug-likeness (QED) is 0.910. The minimum Gasteiger partial charge on any atom is -0.346 e. The summed E-state index contributed by atoms with van der Waals surface area (Å²) in [5, 5.41) is 2.83. The van der Waals surface area contributed by atoms with E-state index in [1.807, 2.05) is 77.1 Å². The van der Waals surface area contributed by atoms with Crippen molar-refractivity contribution in [1.29, 1.82) is 0 Å². The molecule has 0 saturated heterocycles. The van der Waals surface area contributed by atoms with Crippen molar-refractivity contribution in [3.05, 3.63) is 65.5 Å². The van der Waals surface area contributed by atoms with E-state index in [0.29, 0.717) is 12.1 Å². The van der Waals surface area contributed by atoms with Crippen LogP contribution in [-0.4, -0.2) is 10.9 Å². The molecular weight excluding hydrogens is 260 g/mol. The van der Waals surface area contributed by atoms with E-state index in [1.165, 1.54) is 0 Å². The number of benzene rings is 1. The van der Waals surface area contributed by atoms with Crippen LogP contribution in [0.25, 0.3) is 0 Å². The molecule has 21 heavy (non-hydrogen) atoms. The third-order valence-electron chi connectivity index (χ3n) is 2.47. The van der Waals surface area contributed by atoms with E-state index in [-0.39, 0.29) is 5.91 Å². The number of carbonyl (C=O) groups excluding carboxylic acids is 1. The Labute approximate surface area is 128 Å². The third kappa shape index (κ3) is 7.25. The van der Waals surface area contributed by atoms with Gasteiger partial charge in [0.05, 0.1) is 12.2 Å². The molecule has 0 atom stereocenters. The van der Waals surface area contributed by atoms with Crippen molar-refractivity contribution >= 4 is 5.91 Å². The fourth-order valence-electron chi connectivity index (χ4n) is 1.48. The molecule has 3 nitrogen and oxygen atoms in total. The number of nitrogens with zero attached hydrogens (tertiary/aromatic N) is 1. The summed E-state index contributed by atoms with van der Waals surface area (Å²) in [6.07, 6.45) is 1.72. The largest absolute Gasteiger partial charge is 0.346 e. The fourth-order valence-corrected chi connectivity index (χ4v) is 1.48. The summed E-state index contributed by atoms with van der Waals surface area (Å²) in [4.78, 5) is 15.9. The van der Waals surface area contributed by atoms with Crippen LogP contribution in [0.3, 0.4) is 0 Å². The molecule has 1 N–H and O–H groups in total. The molecule has 0 aliphatic carbocycles. The van der Waals surface area contributed by atoms with Crippen molar-refractivity contribution in [3.63, 3.8) is 0 Å². The summed E-state index contributed by atoms with van der Waals surface area (Å²) in [6.45, 7) is 10.4. The van der Waals surface area contributed by atoms with Crippen LogP contribution in [0.4, 0.5) is 0 Å². The lowest BCUT2D eigenvalue weighted by Crippen LogP contribution is -2.23. The summed E-state index contributed by atoms with van der Waals surface area (Å²) < 4.78 is 0. The maximum absolute atomic E-state index is 11.8. The predicted molar refractivity (Wildman–Crippen MR) is 89.3 cm³/mol. The van der Waals surface area contributed by atoms with Gasteiger partial charge < -0.3 is 5.32 Å². The van der Waals surface area contributed by atoms with Crippen LogP contribution in [0, 0.1) is 6.92 Å². The number of rotatable bonds is 3. The van der Waals surface area contributed by atoms with Crippen LogP contribution in [0.15, 0.2) is 48.7 Å². The number of hydrogen-bond acceptors (Lipinski definition) is 2.